The Morgan fingerprint density at radius 1 is 0.917 bits per heavy atom. The molecule has 3 nitrogen and oxygen atoms in total. The number of hydrogen-bond donors (Lipinski definition) is 1. The van der Waals surface area contributed by atoms with Crippen LogP contribution in [-0.2, 0) is 11.8 Å². The Morgan fingerprint density at radius 2 is 1.62 bits per heavy atom. The fraction of sp³-hybridized carbons (Fsp3) is 0.333. The summed E-state index contributed by atoms with van der Waals surface area (Å²) in [5.74, 6) is 0.810. The van der Waals surface area contributed by atoms with Crippen molar-refractivity contribution in [2.24, 2.45) is 0 Å². The van der Waals surface area contributed by atoms with Gasteiger partial charge in [-0.3, -0.25) is 4.79 Å². The van der Waals surface area contributed by atoms with E-state index in [-0.39, 0.29) is 11.0 Å². The van der Waals surface area contributed by atoms with Crippen molar-refractivity contribution in [2.45, 2.75) is 43.9 Å². The normalized spacial score (nSPS) is 17.0. The minimum atomic E-state index is -0.0328. The predicted octanol–water partition coefficient (Wildman–Crippen LogP) is 4.37. The number of hydrogen-bond acceptors (Lipinski definition) is 2. The molecule has 24 heavy (non-hydrogen) atoms. The van der Waals surface area contributed by atoms with E-state index < -0.39 is 0 Å². The number of rotatable bonds is 3. The van der Waals surface area contributed by atoms with Crippen molar-refractivity contribution < 1.29 is 0 Å². The molecule has 0 radical (unpaired) electrons. The molecule has 1 N–H and O–H groups in total. The van der Waals surface area contributed by atoms with Gasteiger partial charge in [0.2, 0.25) is 0 Å². The van der Waals surface area contributed by atoms with E-state index in [0.717, 1.165) is 30.6 Å². The molecule has 122 valence electrons. The molecule has 0 bridgehead atoms. The maximum atomic E-state index is 12.4. The molecule has 0 amide bonds. The minimum Gasteiger partial charge on any atom is -0.310 e. The van der Waals surface area contributed by atoms with E-state index in [1.165, 1.54) is 24.8 Å². The summed E-state index contributed by atoms with van der Waals surface area (Å²) in [6.07, 6.45) is 6.91. The lowest BCUT2D eigenvalue weighted by atomic mass is 9.67. The van der Waals surface area contributed by atoms with Crippen LogP contribution in [-0.4, -0.2) is 9.97 Å². The second kappa shape index (κ2) is 6.23. The molecule has 1 saturated carbocycles. The predicted molar refractivity (Wildman–Crippen MR) is 97.3 cm³/mol. The molecule has 0 unspecified atom stereocenters. The van der Waals surface area contributed by atoms with Gasteiger partial charge in [-0.2, -0.15) is 0 Å². The van der Waals surface area contributed by atoms with E-state index in [1.54, 1.807) is 0 Å². The fourth-order valence-electron chi connectivity index (χ4n) is 4.13. The largest absolute Gasteiger partial charge is 0.310 e. The van der Waals surface area contributed by atoms with Crippen molar-refractivity contribution in [3.63, 3.8) is 0 Å². The zero-order valence-electron chi connectivity index (χ0n) is 13.8. The Bertz CT molecular complexity index is 892. The molecule has 1 aliphatic carbocycles. The molecule has 0 atom stereocenters. The Hall–Kier alpha value is -2.42. The lowest BCUT2D eigenvalue weighted by Gasteiger charge is -2.37. The molecular formula is C21H22N2O. The van der Waals surface area contributed by atoms with E-state index in [2.05, 4.69) is 35.3 Å². The van der Waals surface area contributed by atoms with Crippen molar-refractivity contribution in [1.29, 1.82) is 0 Å². The highest BCUT2D eigenvalue weighted by Gasteiger charge is 2.34. The van der Waals surface area contributed by atoms with Crippen LogP contribution in [0.2, 0.25) is 0 Å². The number of H-pyrrole nitrogens is 1. The van der Waals surface area contributed by atoms with Crippen LogP contribution < -0.4 is 5.56 Å². The smallest absolute Gasteiger partial charge is 0.258 e. The number of fused-ring (bicyclic) bond motifs is 1. The first-order valence-electron chi connectivity index (χ1n) is 8.80. The molecule has 4 rings (SSSR count). The van der Waals surface area contributed by atoms with Gasteiger partial charge in [-0.1, -0.05) is 61.7 Å². The van der Waals surface area contributed by atoms with Gasteiger partial charge < -0.3 is 4.98 Å². The van der Waals surface area contributed by atoms with Crippen LogP contribution in [0.4, 0.5) is 0 Å². The maximum absolute atomic E-state index is 12.4. The van der Waals surface area contributed by atoms with Gasteiger partial charge in [0.25, 0.3) is 5.56 Å². The van der Waals surface area contributed by atoms with Crippen LogP contribution in [0, 0.1) is 0 Å². The summed E-state index contributed by atoms with van der Waals surface area (Å²) < 4.78 is 0. The number of aromatic amines is 1. The van der Waals surface area contributed by atoms with Crippen molar-refractivity contribution in [3.05, 3.63) is 76.3 Å². The Labute approximate surface area is 141 Å². The van der Waals surface area contributed by atoms with Crippen molar-refractivity contribution in [3.8, 4) is 0 Å². The summed E-state index contributed by atoms with van der Waals surface area (Å²) >= 11 is 0. The highest BCUT2D eigenvalue weighted by atomic mass is 16.1. The van der Waals surface area contributed by atoms with E-state index in [0.29, 0.717) is 5.39 Å². The van der Waals surface area contributed by atoms with Crippen LogP contribution in [0.25, 0.3) is 10.9 Å². The average Bonchev–Trinajstić information content (AvgIpc) is 2.63. The lowest BCUT2D eigenvalue weighted by molar-refractivity contribution is 0.286. The van der Waals surface area contributed by atoms with Gasteiger partial charge in [0.15, 0.2) is 0 Å². The number of aromatic nitrogens is 2. The average molecular weight is 318 g/mol. The van der Waals surface area contributed by atoms with E-state index in [1.807, 2.05) is 24.3 Å². The van der Waals surface area contributed by atoms with Crippen molar-refractivity contribution in [1.82, 2.24) is 9.97 Å². The standard InChI is InChI=1S/C21H22N2O/c24-20-17-11-5-6-12-18(17)22-19(23-20)15-21(13-7-2-8-14-21)16-9-3-1-4-10-16/h1,3-6,9-12H,2,7-8,13-15H2,(H,22,23,24). The van der Waals surface area contributed by atoms with Crippen LogP contribution >= 0.6 is 0 Å². The first-order chi connectivity index (χ1) is 11.8. The molecule has 0 spiro atoms. The number of nitrogens with one attached hydrogen (secondary N) is 1. The second-order valence-electron chi connectivity index (χ2n) is 6.91. The molecule has 1 aliphatic rings. The quantitative estimate of drug-likeness (QED) is 0.779. The summed E-state index contributed by atoms with van der Waals surface area (Å²) in [6.45, 7) is 0. The molecule has 1 aromatic heterocycles. The Balaban J connectivity index is 1.77. The summed E-state index contributed by atoms with van der Waals surface area (Å²) in [6, 6.07) is 18.3. The van der Waals surface area contributed by atoms with E-state index in [9.17, 15) is 4.79 Å². The molecule has 3 heteroatoms. The monoisotopic (exact) mass is 318 g/mol. The number of benzene rings is 2. The van der Waals surface area contributed by atoms with E-state index >= 15 is 0 Å². The summed E-state index contributed by atoms with van der Waals surface area (Å²) in [7, 11) is 0. The second-order valence-corrected chi connectivity index (χ2v) is 6.91. The zero-order chi connectivity index (χ0) is 16.4. The van der Waals surface area contributed by atoms with Crippen LogP contribution in [0.15, 0.2) is 59.4 Å². The molecule has 2 aromatic carbocycles. The van der Waals surface area contributed by atoms with Crippen molar-refractivity contribution >= 4 is 10.9 Å². The third-order valence-electron chi connectivity index (χ3n) is 5.36. The minimum absolute atomic E-state index is 0.0328. The number of nitrogens with zero attached hydrogens (tertiary/aromatic N) is 1. The lowest BCUT2D eigenvalue weighted by Crippen LogP contribution is -2.33. The van der Waals surface area contributed by atoms with Crippen LogP contribution in [0.1, 0.15) is 43.5 Å². The summed E-state index contributed by atoms with van der Waals surface area (Å²) in [5, 5.41) is 0.665. The molecule has 1 heterocycles. The van der Waals surface area contributed by atoms with Gasteiger partial charge >= 0.3 is 0 Å². The first-order valence-corrected chi connectivity index (χ1v) is 8.80. The highest BCUT2D eigenvalue weighted by molar-refractivity contribution is 5.77. The highest BCUT2D eigenvalue weighted by Crippen LogP contribution is 2.41. The van der Waals surface area contributed by atoms with Gasteiger partial charge in [0.05, 0.1) is 10.9 Å². The molecule has 1 fully saturated rings. The Kier molecular flexibility index (Phi) is 3.93. The SMILES string of the molecule is O=c1[nH]c(CC2(c3ccccc3)CCCCC2)nc2ccccc12. The fourth-order valence-corrected chi connectivity index (χ4v) is 4.13. The molecule has 0 saturated heterocycles. The molecule has 3 aromatic rings. The first kappa shape index (κ1) is 15.1. The van der Waals surface area contributed by atoms with Gasteiger partial charge in [-0.05, 0) is 30.5 Å². The van der Waals surface area contributed by atoms with Crippen LogP contribution in [0.5, 0.6) is 0 Å². The maximum Gasteiger partial charge on any atom is 0.258 e. The molecular weight excluding hydrogens is 296 g/mol. The van der Waals surface area contributed by atoms with Crippen LogP contribution in [0.3, 0.4) is 0 Å². The van der Waals surface area contributed by atoms with Gasteiger partial charge in [-0.15, -0.1) is 0 Å². The summed E-state index contributed by atoms with van der Waals surface area (Å²) in [5.41, 5.74) is 2.23. The topological polar surface area (TPSA) is 45.8 Å². The Morgan fingerprint density at radius 3 is 2.42 bits per heavy atom. The molecule has 0 aliphatic heterocycles. The third kappa shape index (κ3) is 2.75. The van der Waals surface area contributed by atoms with Gasteiger partial charge in [0, 0.05) is 11.8 Å². The van der Waals surface area contributed by atoms with Gasteiger partial charge in [0.1, 0.15) is 5.82 Å². The number of para-hydroxylation sites is 1. The summed E-state index contributed by atoms with van der Waals surface area (Å²) in [4.78, 5) is 20.2. The van der Waals surface area contributed by atoms with E-state index in [4.69, 9.17) is 4.98 Å². The zero-order valence-corrected chi connectivity index (χ0v) is 13.8. The van der Waals surface area contributed by atoms with Crippen molar-refractivity contribution in [2.75, 3.05) is 0 Å². The third-order valence-corrected chi connectivity index (χ3v) is 5.36. The van der Waals surface area contributed by atoms with Gasteiger partial charge in [-0.25, -0.2) is 4.98 Å².